The first-order valence-electron chi connectivity index (χ1n) is 6.93. The highest BCUT2D eigenvalue weighted by molar-refractivity contribution is 6.31. The number of hydrogen-bond donors (Lipinski definition) is 1. The van der Waals surface area contributed by atoms with Crippen LogP contribution in [-0.4, -0.2) is 21.3 Å². The summed E-state index contributed by atoms with van der Waals surface area (Å²) in [6.07, 6.45) is 2.80. The summed E-state index contributed by atoms with van der Waals surface area (Å²) in [5, 5.41) is 8.59. The second kappa shape index (κ2) is 6.37. The molecular formula is C15H21ClN4. The van der Waals surface area contributed by atoms with Crippen LogP contribution in [-0.2, 0) is 6.54 Å². The molecule has 2 rings (SSSR count). The van der Waals surface area contributed by atoms with Crippen molar-refractivity contribution in [2.75, 3.05) is 6.54 Å². The number of aromatic nitrogens is 3. The third-order valence-electron chi connectivity index (χ3n) is 3.53. The van der Waals surface area contributed by atoms with E-state index in [-0.39, 0.29) is 0 Å². The van der Waals surface area contributed by atoms with Gasteiger partial charge in [-0.05, 0) is 50.9 Å². The highest BCUT2D eigenvalue weighted by atomic mass is 35.5. The molecule has 0 aliphatic carbocycles. The summed E-state index contributed by atoms with van der Waals surface area (Å²) >= 11 is 6.21. The molecule has 0 spiro atoms. The molecule has 20 heavy (non-hydrogen) atoms. The summed E-state index contributed by atoms with van der Waals surface area (Å²) in [5.74, 6) is 0.816. The van der Waals surface area contributed by atoms with Gasteiger partial charge in [0, 0.05) is 18.4 Å². The van der Waals surface area contributed by atoms with Crippen LogP contribution in [0.25, 0.3) is 5.82 Å². The summed E-state index contributed by atoms with van der Waals surface area (Å²) in [7, 11) is 0. The second-order valence-electron chi connectivity index (χ2n) is 5.02. The quantitative estimate of drug-likeness (QED) is 0.860. The number of hydrogen-bond acceptors (Lipinski definition) is 3. The molecule has 0 saturated carbocycles. The van der Waals surface area contributed by atoms with Gasteiger partial charge in [0.25, 0.3) is 0 Å². The molecule has 0 fully saturated rings. The van der Waals surface area contributed by atoms with Gasteiger partial charge in [-0.3, -0.25) is 0 Å². The van der Waals surface area contributed by atoms with Crippen LogP contribution in [0.15, 0.2) is 12.3 Å². The summed E-state index contributed by atoms with van der Waals surface area (Å²) < 4.78 is 1.88. The molecule has 0 amide bonds. The van der Waals surface area contributed by atoms with E-state index in [1.807, 2.05) is 17.7 Å². The van der Waals surface area contributed by atoms with Gasteiger partial charge in [-0.25, -0.2) is 9.67 Å². The summed E-state index contributed by atoms with van der Waals surface area (Å²) in [6.45, 7) is 10.0. The van der Waals surface area contributed by atoms with Gasteiger partial charge in [0.1, 0.15) is 0 Å². The van der Waals surface area contributed by atoms with Crippen LogP contribution < -0.4 is 5.32 Å². The summed E-state index contributed by atoms with van der Waals surface area (Å²) in [4.78, 5) is 4.39. The van der Waals surface area contributed by atoms with Crippen molar-refractivity contribution in [2.45, 2.75) is 40.7 Å². The normalized spacial score (nSPS) is 11.1. The molecule has 108 valence electrons. The van der Waals surface area contributed by atoms with Gasteiger partial charge in [0.15, 0.2) is 5.82 Å². The molecule has 2 aromatic heterocycles. The first-order chi connectivity index (χ1) is 9.54. The van der Waals surface area contributed by atoms with Crippen LogP contribution in [0.2, 0.25) is 5.02 Å². The number of pyridine rings is 1. The SMILES string of the molecule is CCCNCc1cc(-n2nc(C)c(C)c2C)ncc1Cl. The number of nitrogens with zero attached hydrogens (tertiary/aromatic N) is 3. The number of halogens is 1. The average Bonchev–Trinajstić information content (AvgIpc) is 2.69. The Morgan fingerprint density at radius 1 is 1.30 bits per heavy atom. The van der Waals surface area contributed by atoms with Crippen LogP contribution in [0.4, 0.5) is 0 Å². The monoisotopic (exact) mass is 292 g/mol. The van der Waals surface area contributed by atoms with E-state index in [2.05, 4.69) is 36.2 Å². The average molecular weight is 293 g/mol. The molecule has 1 N–H and O–H groups in total. The molecule has 2 aromatic rings. The van der Waals surface area contributed by atoms with Crippen molar-refractivity contribution >= 4 is 11.6 Å². The molecule has 0 atom stereocenters. The van der Waals surface area contributed by atoms with Crippen molar-refractivity contribution in [3.63, 3.8) is 0 Å². The summed E-state index contributed by atoms with van der Waals surface area (Å²) in [6, 6.07) is 2.00. The fourth-order valence-electron chi connectivity index (χ4n) is 2.06. The van der Waals surface area contributed by atoms with Crippen molar-refractivity contribution in [1.82, 2.24) is 20.1 Å². The van der Waals surface area contributed by atoms with Crippen molar-refractivity contribution in [3.05, 3.63) is 39.8 Å². The zero-order valence-electron chi connectivity index (χ0n) is 12.5. The maximum absolute atomic E-state index is 6.21. The Kier molecular flexibility index (Phi) is 4.78. The van der Waals surface area contributed by atoms with Crippen molar-refractivity contribution in [2.24, 2.45) is 0 Å². The van der Waals surface area contributed by atoms with Gasteiger partial charge in [0.2, 0.25) is 0 Å². The predicted molar refractivity (Wildman–Crippen MR) is 82.6 cm³/mol. The minimum atomic E-state index is 0.690. The van der Waals surface area contributed by atoms with Crippen molar-refractivity contribution < 1.29 is 0 Å². The lowest BCUT2D eigenvalue weighted by Gasteiger charge is -2.09. The zero-order chi connectivity index (χ0) is 14.7. The highest BCUT2D eigenvalue weighted by Gasteiger charge is 2.11. The van der Waals surface area contributed by atoms with E-state index in [4.69, 9.17) is 11.6 Å². The van der Waals surface area contributed by atoms with Crippen LogP contribution in [0, 0.1) is 20.8 Å². The van der Waals surface area contributed by atoms with E-state index >= 15 is 0 Å². The van der Waals surface area contributed by atoms with Crippen molar-refractivity contribution in [3.8, 4) is 5.82 Å². The predicted octanol–water partition coefficient (Wildman–Crippen LogP) is 3.35. The van der Waals surface area contributed by atoms with E-state index in [1.54, 1.807) is 6.20 Å². The van der Waals surface area contributed by atoms with E-state index in [9.17, 15) is 0 Å². The summed E-state index contributed by atoms with van der Waals surface area (Å²) in [5.41, 5.74) is 4.40. The molecule has 0 aromatic carbocycles. The maximum Gasteiger partial charge on any atom is 0.154 e. The Morgan fingerprint density at radius 3 is 2.65 bits per heavy atom. The molecule has 0 aliphatic rings. The Hall–Kier alpha value is -1.39. The lowest BCUT2D eigenvalue weighted by Crippen LogP contribution is -2.15. The Bertz CT molecular complexity index is 604. The lowest BCUT2D eigenvalue weighted by molar-refractivity contribution is 0.673. The van der Waals surface area contributed by atoms with E-state index in [1.165, 1.54) is 5.56 Å². The second-order valence-corrected chi connectivity index (χ2v) is 5.43. The Balaban J connectivity index is 2.33. The van der Waals surface area contributed by atoms with Gasteiger partial charge < -0.3 is 5.32 Å². The molecule has 0 bridgehead atoms. The smallest absolute Gasteiger partial charge is 0.154 e. The molecule has 0 radical (unpaired) electrons. The van der Waals surface area contributed by atoms with E-state index < -0.39 is 0 Å². The number of rotatable bonds is 5. The van der Waals surface area contributed by atoms with Crippen LogP contribution in [0.5, 0.6) is 0 Å². The highest BCUT2D eigenvalue weighted by Crippen LogP contribution is 2.20. The first kappa shape index (κ1) is 15.0. The van der Waals surface area contributed by atoms with E-state index in [0.29, 0.717) is 5.02 Å². The van der Waals surface area contributed by atoms with Crippen LogP contribution >= 0.6 is 11.6 Å². The van der Waals surface area contributed by atoms with Gasteiger partial charge in [0.05, 0.1) is 10.7 Å². The fraction of sp³-hybridized carbons (Fsp3) is 0.467. The molecule has 2 heterocycles. The third kappa shape index (κ3) is 3.02. The zero-order valence-corrected chi connectivity index (χ0v) is 13.3. The molecule has 0 saturated heterocycles. The van der Waals surface area contributed by atoms with E-state index in [0.717, 1.165) is 42.3 Å². The largest absolute Gasteiger partial charge is 0.313 e. The fourth-order valence-corrected chi connectivity index (χ4v) is 2.23. The molecule has 4 nitrogen and oxygen atoms in total. The lowest BCUT2D eigenvalue weighted by atomic mass is 10.2. The van der Waals surface area contributed by atoms with Gasteiger partial charge in [-0.1, -0.05) is 18.5 Å². The maximum atomic E-state index is 6.21. The minimum Gasteiger partial charge on any atom is -0.313 e. The Morgan fingerprint density at radius 2 is 2.05 bits per heavy atom. The standard InChI is InChI=1S/C15H21ClN4/c1-5-6-17-8-13-7-15(18-9-14(13)16)20-12(4)10(2)11(3)19-20/h7,9,17H,5-6,8H2,1-4H3. The molecular weight excluding hydrogens is 272 g/mol. The van der Waals surface area contributed by atoms with Crippen LogP contribution in [0.3, 0.4) is 0 Å². The van der Waals surface area contributed by atoms with Gasteiger partial charge in [-0.2, -0.15) is 5.10 Å². The Labute approximate surface area is 125 Å². The minimum absolute atomic E-state index is 0.690. The molecule has 0 aliphatic heterocycles. The molecule has 0 unspecified atom stereocenters. The van der Waals surface area contributed by atoms with Crippen LogP contribution in [0.1, 0.15) is 35.9 Å². The topological polar surface area (TPSA) is 42.7 Å². The number of nitrogens with one attached hydrogen (secondary N) is 1. The third-order valence-corrected chi connectivity index (χ3v) is 3.87. The van der Waals surface area contributed by atoms with Gasteiger partial charge in [-0.15, -0.1) is 0 Å². The van der Waals surface area contributed by atoms with Gasteiger partial charge >= 0.3 is 0 Å². The first-order valence-corrected chi connectivity index (χ1v) is 7.30. The number of aryl methyl sites for hydroxylation is 1. The molecule has 5 heteroatoms. The van der Waals surface area contributed by atoms with Crippen molar-refractivity contribution in [1.29, 1.82) is 0 Å².